The van der Waals surface area contributed by atoms with Crippen molar-refractivity contribution in [3.05, 3.63) is 36.0 Å². The number of likely N-dealkylation sites (N-methyl/N-ethyl adjacent to an activating group) is 1. The van der Waals surface area contributed by atoms with Crippen LogP contribution < -0.4 is 0 Å². The zero-order valence-electron chi connectivity index (χ0n) is 10.4. The lowest BCUT2D eigenvalue weighted by Crippen LogP contribution is -2.36. The zero-order valence-corrected chi connectivity index (χ0v) is 10.4. The Morgan fingerprint density at radius 1 is 1.59 bits per heavy atom. The van der Waals surface area contributed by atoms with Crippen molar-refractivity contribution in [1.82, 2.24) is 4.90 Å². The van der Waals surface area contributed by atoms with Gasteiger partial charge in [-0.1, -0.05) is 30.4 Å². The van der Waals surface area contributed by atoms with Crippen LogP contribution in [0.5, 0.6) is 0 Å². The van der Waals surface area contributed by atoms with Gasteiger partial charge in [0.05, 0.1) is 6.07 Å². The maximum Gasteiger partial charge on any atom is 0.221 e. The van der Waals surface area contributed by atoms with Crippen molar-refractivity contribution in [3.8, 4) is 6.07 Å². The van der Waals surface area contributed by atoms with Crippen LogP contribution in [-0.2, 0) is 4.79 Å². The highest BCUT2D eigenvalue weighted by Crippen LogP contribution is 2.11. The van der Waals surface area contributed by atoms with E-state index in [4.69, 9.17) is 5.26 Å². The molecule has 0 aliphatic heterocycles. The molecule has 4 nitrogen and oxygen atoms in total. The highest BCUT2D eigenvalue weighted by atomic mass is 16.3. The summed E-state index contributed by atoms with van der Waals surface area (Å²) in [6, 6.07) is 1.75. The molecule has 1 amide bonds. The molecule has 1 unspecified atom stereocenters. The highest BCUT2D eigenvalue weighted by molar-refractivity contribution is 5.73. The molecule has 0 aromatic rings. The first kappa shape index (κ1) is 15.1. The van der Waals surface area contributed by atoms with Crippen molar-refractivity contribution in [2.45, 2.75) is 26.5 Å². The summed E-state index contributed by atoms with van der Waals surface area (Å²) >= 11 is 0. The topological polar surface area (TPSA) is 64.3 Å². The maximum absolute atomic E-state index is 11.0. The molecule has 0 fully saturated rings. The molecule has 0 heterocycles. The average Bonchev–Trinajstić information content (AvgIpc) is 2.56. The Bertz CT molecular complexity index is 375. The smallest absolute Gasteiger partial charge is 0.221 e. The van der Waals surface area contributed by atoms with E-state index in [-0.39, 0.29) is 5.91 Å². The van der Waals surface area contributed by atoms with Crippen LogP contribution in [0.25, 0.3) is 0 Å². The van der Waals surface area contributed by atoms with Crippen molar-refractivity contribution < 1.29 is 9.90 Å². The average molecular weight is 234 g/mol. The molecule has 0 bridgehead atoms. The number of allylic oxidation sites excluding steroid dienone is 4. The molecule has 1 N–H and O–H groups in total. The number of nitriles is 1. The fourth-order valence-electron chi connectivity index (χ4n) is 1.16. The Kier molecular flexibility index (Phi) is 7.40. The molecular weight excluding hydrogens is 216 g/mol. The van der Waals surface area contributed by atoms with Gasteiger partial charge >= 0.3 is 0 Å². The molecule has 1 aliphatic rings. The molecule has 1 aliphatic carbocycles. The third-order valence-electron chi connectivity index (χ3n) is 2.17. The Morgan fingerprint density at radius 2 is 2.18 bits per heavy atom. The Labute approximate surface area is 102 Å². The summed E-state index contributed by atoms with van der Waals surface area (Å²) in [4.78, 5) is 12.3. The minimum atomic E-state index is -0.855. The van der Waals surface area contributed by atoms with Crippen LogP contribution in [0.2, 0.25) is 0 Å². The van der Waals surface area contributed by atoms with Crippen LogP contribution in [-0.4, -0.2) is 29.2 Å². The lowest BCUT2D eigenvalue weighted by molar-refractivity contribution is -0.134. The number of hydrogen-bond donors (Lipinski definition) is 1. The SMILES string of the molecule is CC#N.CC(=O)N(C)C(O)C1=CC=CCC=C1. The molecule has 17 heavy (non-hydrogen) atoms. The molecule has 0 spiro atoms. The molecule has 0 radical (unpaired) electrons. The van der Waals surface area contributed by atoms with Crippen molar-refractivity contribution >= 4 is 5.91 Å². The predicted octanol–water partition coefficient (Wildman–Crippen LogP) is 1.76. The summed E-state index contributed by atoms with van der Waals surface area (Å²) in [7, 11) is 1.58. The number of aliphatic hydroxyl groups excluding tert-OH is 1. The minimum Gasteiger partial charge on any atom is -0.369 e. The van der Waals surface area contributed by atoms with Gasteiger partial charge in [-0.05, 0) is 6.42 Å². The number of carbonyl (C=O) groups is 1. The number of aliphatic hydroxyl groups is 1. The van der Waals surface area contributed by atoms with Crippen molar-refractivity contribution in [3.63, 3.8) is 0 Å². The van der Waals surface area contributed by atoms with Gasteiger partial charge in [0.25, 0.3) is 0 Å². The van der Waals surface area contributed by atoms with Crippen LogP contribution in [0.4, 0.5) is 0 Å². The first-order valence-corrected chi connectivity index (χ1v) is 5.30. The van der Waals surface area contributed by atoms with Gasteiger partial charge in [0.15, 0.2) is 6.23 Å². The monoisotopic (exact) mass is 234 g/mol. The van der Waals surface area contributed by atoms with E-state index in [0.29, 0.717) is 0 Å². The van der Waals surface area contributed by atoms with Crippen LogP contribution >= 0.6 is 0 Å². The molecule has 1 atom stereocenters. The minimum absolute atomic E-state index is 0.153. The Morgan fingerprint density at radius 3 is 2.71 bits per heavy atom. The maximum atomic E-state index is 11.0. The van der Waals surface area contributed by atoms with Crippen molar-refractivity contribution in [2.75, 3.05) is 7.05 Å². The van der Waals surface area contributed by atoms with E-state index in [9.17, 15) is 9.90 Å². The van der Waals surface area contributed by atoms with E-state index >= 15 is 0 Å². The molecule has 92 valence electrons. The predicted molar refractivity (Wildman–Crippen MR) is 66.7 cm³/mol. The van der Waals surface area contributed by atoms with Gasteiger partial charge in [0.2, 0.25) is 5.91 Å². The third kappa shape index (κ3) is 5.69. The second-order valence-electron chi connectivity index (χ2n) is 3.46. The van der Waals surface area contributed by atoms with E-state index < -0.39 is 6.23 Å². The Hall–Kier alpha value is -1.86. The summed E-state index contributed by atoms with van der Waals surface area (Å²) in [5.74, 6) is -0.153. The number of nitrogens with zero attached hydrogens (tertiary/aromatic N) is 2. The van der Waals surface area contributed by atoms with Gasteiger partial charge in [-0.2, -0.15) is 5.26 Å². The largest absolute Gasteiger partial charge is 0.369 e. The lowest BCUT2D eigenvalue weighted by Gasteiger charge is -2.22. The lowest BCUT2D eigenvalue weighted by atomic mass is 10.2. The fourth-order valence-corrected chi connectivity index (χ4v) is 1.16. The van der Waals surface area contributed by atoms with Crippen LogP contribution in [0.1, 0.15) is 20.3 Å². The first-order valence-electron chi connectivity index (χ1n) is 5.30. The summed E-state index contributed by atoms with van der Waals surface area (Å²) < 4.78 is 0. The van der Waals surface area contributed by atoms with Crippen LogP contribution in [0, 0.1) is 11.3 Å². The molecule has 4 heteroatoms. The van der Waals surface area contributed by atoms with E-state index in [2.05, 4.69) is 0 Å². The van der Waals surface area contributed by atoms with Crippen molar-refractivity contribution in [2.24, 2.45) is 0 Å². The number of carbonyl (C=O) groups excluding carboxylic acids is 1. The van der Waals surface area contributed by atoms with E-state index in [1.54, 1.807) is 13.1 Å². The van der Waals surface area contributed by atoms with Crippen LogP contribution in [0.3, 0.4) is 0 Å². The summed E-state index contributed by atoms with van der Waals surface area (Å²) in [5.41, 5.74) is 0.733. The van der Waals surface area contributed by atoms with E-state index in [1.807, 2.05) is 30.4 Å². The Balaban J connectivity index is 0.000000770. The van der Waals surface area contributed by atoms with Gasteiger partial charge in [-0.15, -0.1) is 0 Å². The standard InChI is InChI=1S/C11H15NO2.C2H3N/c1-9(13)12(2)11(14)10-7-5-3-4-6-8-10;1-2-3/h3,5-8,11,14H,4H2,1-2H3;1H3. The molecular formula is C13H18N2O2. The normalized spacial score (nSPS) is 14.6. The zero-order chi connectivity index (χ0) is 13.3. The number of amides is 1. The third-order valence-corrected chi connectivity index (χ3v) is 2.17. The van der Waals surface area contributed by atoms with Gasteiger partial charge in [0, 0.05) is 26.5 Å². The second-order valence-corrected chi connectivity index (χ2v) is 3.46. The summed E-state index contributed by atoms with van der Waals surface area (Å²) in [5, 5.41) is 17.1. The van der Waals surface area contributed by atoms with Crippen LogP contribution in [0.15, 0.2) is 36.0 Å². The van der Waals surface area contributed by atoms with Gasteiger partial charge < -0.3 is 10.0 Å². The highest BCUT2D eigenvalue weighted by Gasteiger charge is 2.16. The number of hydrogen-bond acceptors (Lipinski definition) is 3. The molecule has 0 aromatic carbocycles. The summed E-state index contributed by atoms with van der Waals surface area (Å²) in [6.45, 7) is 2.86. The second kappa shape index (κ2) is 8.31. The molecule has 1 rings (SSSR count). The van der Waals surface area contributed by atoms with Crippen molar-refractivity contribution in [1.29, 1.82) is 5.26 Å². The first-order chi connectivity index (χ1) is 8.04. The molecule has 0 saturated heterocycles. The molecule has 0 saturated carbocycles. The van der Waals surface area contributed by atoms with Gasteiger partial charge in [-0.25, -0.2) is 0 Å². The van der Waals surface area contributed by atoms with E-state index in [1.165, 1.54) is 18.7 Å². The van der Waals surface area contributed by atoms with E-state index in [0.717, 1.165) is 12.0 Å². The van der Waals surface area contributed by atoms with Gasteiger partial charge in [-0.3, -0.25) is 4.79 Å². The quantitative estimate of drug-likeness (QED) is 0.740. The van der Waals surface area contributed by atoms with Gasteiger partial charge in [0.1, 0.15) is 0 Å². The fraction of sp³-hybridized carbons (Fsp3) is 0.385. The number of rotatable bonds is 2. The summed E-state index contributed by atoms with van der Waals surface area (Å²) in [6.07, 6.45) is 9.48. The molecule has 0 aromatic heterocycles.